The Balaban J connectivity index is 1.96. The Bertz CT molecular complexity index is 740. The predicted molar refractivity (Wildman–Crippen MR) is 79.9 cm³/mol. The monoisotopic (exact) mass is 363 g/mol. The molecule has 0 spiro atoms. The highest BCUT2D eigenvalue weighted by molar-refractivity contribution is 7.89. The van der Waals surface area contributed by atoms with Crippen LogP contribution >= 0.6 is 0 Å². The number of benzene rings is 1. The number of alkyl halides is 3. The summed E-state index contributed by atoms with van der Waals surface area (Å²) in [6.45, 7) is 1.70. The molecule has 5 nitrogen and oxygen atoms in total. The van der Waals surface area contributed by atoms with Gasteiger partial charge < -0.3 is 9.15 Å². The first-order chi connectivity index (χ1) is 11.2. The first kappa shape index (κ1) is 18.3. The minimum Gasteiger partial charge on any atom is -0.469 e. The Kier molecular flexibility index (Phi) is 5.55. The summed E-state index contributed by atoms with van der Waals surface area (Å²) in [6.07, 6.45) is -2.20. The number of rotatable bonds is 7. The number of furan rings is 1. The zero-order chi connectivity index (χ0) is 17.8. The van der Waals surface area contributed by atoms with Crippen LogP contribution in [0.3, 0.4) is 0 Å². The molecule has 1 N–H and O–H groups in total. The highest BCUT2D eigenvalue weighted by atomic mass is 32.2. The average Bonchev–Trinajstić information content (AvgIpc) is 2.97. The van der Waals surface area contributed by atoms with Crippen molar-refractivity contribution < 1.29 is 30.7 Å². The number of ether oxygens (including phenoxy) is 1. The molecule has 9 heteroatoms. The van der Waals surface area contributed by atoms with Crippen LogP contribution in [0.5, 0.6) is 5.75 Å². The molecule has 2 rings (SSSR count). The molecule has 1 aromatic heterocycles. The maximum absolute atomic E-state index is 12.2. The fourth-order valence-electron chi connectivity index (χ4n) is 2.03. The van der Waals surface area contributed by atoms with Gasteiger partial charge in [0.1, 0.15) is 11.5 Å². The van der Waals surface area contributed by atoms with E-state index < -0.39 is 22.1 Å². The molecule has 1 atom stereocenters. The van der Waals surface area contributed by atoms with E-state index in [9.17, 15) is 21.6 Å². The lowest BCUT2D eigenvalue weighted by Crippen LogP contribution is -2.32. The topological polar surface area (TPSA) is 68.5 Å². The van der Waals surface area contributed by atoms with Crippen LogP contribution in [-0.2, 0) is 16.4 Å². The Morgan fingerprint density at radius 3 is 2.42 bits per heavy atom. The second-order valence-corrected chi connectivity index (χ2v) is 6.87. The van der Waals surface area contributed by atoms with E-state index in [1.54, 1.807) is 19.1 Å². The minimum absolute atomic E-state index is 0.137. The number of hydrogen-bond donors (Lipinski definition) is 1. The average molecular weight is 363 g/mol. The fraction of sp³-hybridized carbons (Fsp3) is 0.333. The smallest absolute Gasteiger partial charge is 0.469 e. The Hall–Kier alpha value is -2.00. The standard InChI is InChI=1S/C15H16F3NO4S/c1-11(4-5-12-3-2-10-22-12)19-24(20,21)14-8-6-13(7-9-14)23-15(16,17)18/h2-3,6-11,19H,4-5H2,1H3/t11-/m1/s1. The van der Waals surface area contributed by atoms with Gasteiger partial charge >= 0.3 is 6.36 Å². The van der Waals surface area contributed by atoms with Gasteiger partial charge in [0.15, 0.2) is 0 Å². The van der Waals surface area contributed by atoms with E-state index in [1.807, 2.05) is 0 Å². The molecular formula is C15H16F3NO4S. The van der Waals surface area contributed by atoms with Crippen LogP contribution in [0.2, 0.25) is 0 Å². The van der Waals surface area contributed by atoms with E-state index in [2.05, 4.69) is 9.46 Å². The van der Waals surface area contributed by atoms with Crippen LogP contribution in [0.25, 0.3) is 0 Å². The second-order valence-electron chi connectivity index (χ2n) is 5.16. The molecular weight excluding hydrogens is 347 g/mol. The number of sulfonamides is 1. The molecule has 0 aliphatic carbocycles. The molecule has 132 valence electrons. The molecule has 0 amide bonds. The summed E-state index contributed by atoms with van der Waals surface area (Å²) in [5, 5.41) is 0. The summed E-state index contributed by atoms with van der Waals surface area (Å²) in [7, 11) is -3.83. The van der Waals surface area contributed by atoms with E-state index >= 15 is 0 Å². The van der Waals surface area contributed by atoms with Gasteiger partial charge in [-0.25, -0.2) is 13.1 Å². The minimum atomic E-state index is -4.82. The Morgan fingerprint density at radius 2 is 1.88 bits per heavy atom. The quantitative estimate of drug-likeness (QED) is 0.818. The van der Waals surface area contributed by atoms with Crippen molar-refractivity contribution in [3.8, 4) is 5.75 Å². The molecule has 0 saturated heterocycles. The van der Waals surface area contributed by atoms with Crippen molar-refractivity contribution in [2.45, 2.75) is 37.1 Å². The Morgan fingerprint density at radius 1 is 1.21 bits per heavy atom. The predicted octanol–water partition coefficient (Wildman–Crippen LogP) is 3.48. The van der Waals surface area contributed by atoms with Gasteiger partial charge in [0.2, 0.25) is 10.0 Å². The zero-order valence-electron chi connectivity index (χ0n) is 12.7. The van der Waals surface area contributed by atoms with Gasteiger partial charge in [-0.2, -0.15) is 0 Å². The maximum Gasteiger partial charge on any atom is 0.573 e. The first-order valence-electron chi connectivity index (χ1n) is 7.06. The van der Waals surface area contributed by atoms with E-state index in [1.165, 1.54) is 6.26 Å². The third-order valence-corrected chi connectivity index (χ3v) is 4.73. The van der Waals surface area contributed by atoms with Gasteiger partial charge in [-0.15, -0.1) is 13.2 Å². The summed E-state index contributed by atoms with van der Waals surface area (Å²) >= 11 is 0. The second kappa shape index (κ2) is 7.27. The SMILES string of the molecule is C[C@H](CCc1ccco1)NS(=O)(=O)c1ccc(OC(F)(F)F)cc1. The van der Waals surface area contributed by atoms with Crippen molar-refractivity contribution >= 4 is 10.0 Å². The van der Waals surface area contributed by atoms with E-state index in [4.69, 9.17) is 4.42 Å². The van der Waals surface area contributed by atoms with E-state index in [0.29, 0.717) is 12.8 Å². The summed E-state index contributed by atoms with van der Waals surface area (Å²) in [6, 6.07) is 7.19. The van der Waals surface area contributed by atoms with Crippen LogP contribution < -0.4 is 9.46 Å². The number of halogens is 3. The molecule has 0 aliphatic heterocycles. The largest absolute Gasteiger partial charge is 0.573 e. The first-order valence-corrected chi connectivity index (χ1v) is 8.54. The summed E-state index contributed by atoms with van der Waals surface area (Å²) in [5.41, 5.74) is 0. The normalized spacial score (nSPS) is 13.7. The lowest BCUT2D eigenvalue weighted by Gasteiger charge is -2.14. The van der Waals surface area contributed by atoms with Gasteiger partial charge in [-0.1, -0.05) is 0 Å². The van der Waals surface area contributed by atoms with Crippen molar-refractivity contribution in [1.82, 2.24) is 4.72 Å². The maximum atomic E-state index is 12.2. The zero-order valence-corrected chi connectivity index (χ0v) is 13.5. The van der Waals surface area contributed by atoms with E-state index in [-0.39, 0.29) is 10.9 Å². The van der Waals surface area contributed by atoms with Gasteiger partial charge in [0, 0.05) is 12.5 Å². The lowest BCUT2D eigenvalue weighted by molar-refractivity contribution is -0.274. The fourth-order valence-corrected chi connectivity index (χ4v) is 3.30. The van der Waals surface area contributed by atoms with Gasteiger partial charge in [-0.3, -0.25) is 0 Å². The molecule has 0 fully saturated rings. The molecule has 0 bridgehead atoms. The van der Waals surface area contributed by atoms with Crippen molar-refractivity contribution in [1.29, 1.82) is 0 Å². The van der Waals surface area contributed by atoms with Crippen LogP contribution in [0.15, 0.2) is 52.0 Å². The lowest BCUT2D eigenvalue weighted by atomic mass is 10.2. The van der Waals surface area contributed by atoms with Gasteiger partial charge in [0.05, 0.1) is 11.2 Å². The highest BCUT2D eigenvalue weighted by Gasteiger charge is 2.31. The molecule has 24 heavy (non-hydrogen) atoms. The highest BCUT2D eigenvalue weighted by Crippen LogP contribution is 2.24. The number of nitrogens with one attached hydrogen (secondary N) is 1. The van der Waals surface area contributed by atoms with Crippen molar-refractivity contribution in [2.24, 2.45) is 0 Å². The van der Waals surface area contributed by atoms with Crippen molar-refractivity contribution in [3.63, 3.8) is 0 Å². The molecule has 0 aliphatic rings. The van der Waals surface area contributed by atoms with Crippen LogP contribution in [0, 0.1) is 0 Å². The van der Waals surface area contributed by atoms with E-state index in [0.717, 1.165) is 30.0 Å². The number of hydrogen-bond acceptors (Lipinski definition) is 4. The molecule has 0 saturated carbocycles. The van der Waals surface area contributed by atoms with Crippen molar-refractivity contribution in [3.05, 3.63) is 48.4 Å². The summed E-state index contributed by atoms with van der Waals surface area (Å²) < 4.78 is 72.0. The molecule has 0 radical (unpaired) electrons. The molecule has 2 aromatic rings. The van der Waals surface area contributed by atoms with Gasteiger partial charge in [0.25, 0.3) is 0 Å². The Labute approximate surface area is 137 Å². The van der Waals surface area contributed by atoms with Crippen molar-refractivity contribution in [2.75, 3.05) is 0 Å². The molecule has 0 unspecified atom stereocenters. The van der Waals surface area contributed by atoms with Crippen LogP contribution in [-0.4, -0.2) is 20.8 Å². The number of aryl methyl sites for hydroxylation is 1. The summed E-state index contributed by atoms with van der Waals surface area (Å²) in [5.74, 6) is 0.266. The molecule has 1 aromatic carbocycles. The third kappa shape index (κ3) is 5.57. The van der Waals surface area contributed by atoms with Gasteiger partial charge in [-0.05, 0) is 49.7 Å². The summed E-state index contributed by atoms with van der Waals surface area (Å²) in [4.78, 5) is -0.137. The molecule has 1 heterocycles. The van der Waals surface area contributed by atoms with Crippen LogP contribution in [0.1, 0.15) is 19.1 Å². The third-order valence-electron chi connectivity index (χ3n) is 3.13. The van der Waals surface area contributed by atoms with Crippen LogP contribution in [0.4, 0.5) is 13.2 Å².